The maximum Gasteiger partial charge on any atom is 0.266 e. The summed E-state index contributed by atoms with van der Waals surface area (Å²) in [4.78, 5) is 24.5. The average Bonchev–Trinajstić information content (AvgIpc) is 2.84. The zero-order valence-electron chi connectivity index (χ0n) is 10.3. The average molecular weight is 295 g/mol. The lowest BCUT2D eigenvalue weighted by molar-refractivity contribution is -0.309. The second kappa shape index (κ2) is 5.18. The van der Waals surface area contributed by atoms with Crippen molar-refractivity contribution in [2.75, 3.05) is 0 Å². The summed E-state index contributed by atoms with van der Waals surface area (Å²) in [5.41, 5.74) is 0.865. The van der Waals surface area contributed by atoms with Crippen molar-refractivity contribution in [1.82, 2.24) is 9.47 Å². The number of hydrogen-bond acceptors (Lipinski definition) is 5. The zero-order valence-corrected chi connectivity index (χ0v) is 12.0. The number of carboxylic acids is 1. The maximum atomic E-state index is 12.1. The van der Waals surface area contributed by atoms with Gasteiger partial charge in [-0.05, 0) is 24.6 Å². The first kappa shape index (κ1) is 13.8. The Morgan fingerprint density at radius 3 is 2.79 bits per heavy atom. The fraction of sp³-hybridized carbons (Fsp3) is 0.250. The van der Waals surface area contributed by atoms with Crippen LogP contribution in [0.1, 0.15) is 12.5 Å². The maximum absolute atomic E-state index is 12.1. The highest BCUT2D eigenvalue weighted by atomic mass is 32.2. The molecular formula is C12H11N2O3S2-. The summed E-state index contributed by atoms with van der Waals surface area (Å²) in [5, 5.41) is 10.8. The smallest absolute Gasteiger partial charge is 0.266 e. The summed E-state index contributed by atoms with van der Waals surface area (Å²) < 4.78 is 2.10. The molecule has 0 aromatic carbocycles. The first-order valence-electron chi connectivity index (χ1n) is 5.50. The second-order valence-corrected chi connectivity index (χ2v) is 5.83. The third-order valence-corrected chi connectivity index (χ3v) is 4.03. The van der Waals surface area contributed by atoms with E-state index in [1.165, 1.54) is 6.92 Å². The number of aryl methyl sites for hydroxylation is 1. The molecule has 2 heterocycles. The van der Waals surface area contributed by atoms with E-state index in [0.717, 1.165) is 22.2 Å². The number of hydrogen-bond donors (Lipinski definition) is 0. The molecule has 7 heteroatoms. The molecule has 1 aromatic heterocycles. The zero-order chi connectivity index (χ0) is 14.2. The molecule has 1 aliphatic heterocycles. The van der Waals surface area contributed by atoms with Crippen LogP contribution in [0.15, 0.2) is 23.4 Å². The Morgan fingerprint density at radius 2 is 2.26 bits per heavy atom. The van der Waals surface area contributed by atoms with Gasteiger partial charge in [-0.2, -0.15) is 0 Å². The van der Waals surface area contributed by atoms with Crippen LogP contribution in [0.4, 0.5) is 0 Å². The Balaban J connectivity index is 2.27. The third-order valence-electron chi connectivity index (χ3n) is 2.70. The van der Waals surface area contributed by atoms with Gasteiger partial charge in [-0.15, -0.1) is 0 Å². The van der Waals surface area contributed by atoms with E-state index in [1.807, 2.05) is 30.1 Å². The van der Waals surface area contributed by atoms with Gasteiger partial charge in [0.1, 0.15) is 4.32 Å². The summed E-state index contributed by atoms with van der Waals surface area (Å²) in [6, 6.07) is 0.795. The van der Waals surface area contributed by atoms with E-state index < -0.39 is 17.9 Å². The van der Waals surface area contributed by atoms with Crippen LogP contribution >= 0.6 is 24.0 Å². The predicted molar refractivity (Wildman–Crippen MR) is 74.9 cm³/mol. The summed E-state index contributed by atoms with van der Waals surface area (Å²) >= 11 is 6.14. The monoisotopic (exact) mass is 295 g/mol. The van der Waals surface area contributed by atoms with Crippen molar-refractivity contribution in [3.05, 3.63) is 28.9 Å². The standard InChI is InChI=1S/C12H12N2O3S2/c1-7(11(16)17)14-10(15)9(19-12(14)18)5-8-3-4-13(2)6-8/h3-7H,1-2H3,(H,16,17)/p-1/b9-5+/t7-/m0/s1. The lowest BCUT2D eigenvalue weighted by atomic mass is 10.2. The summed E-state index contributed by atoms with van der Waals surface area (Å²) in [6.07, 6.45) is 5.41. The number of amides is 1. The second-order valence-electron chi connectivity index (χ2n) is 4.16. The largest absolute Gasteiger partial charge is 0.548 e. The summed E-state index contributed by atoms with van der Waals surface area (Å²) in [5.74, 6) is -1.71. The first-order chi connectivity index (χ1) is 8.90. The van der Waals surface area contributed by atoms with Crippen molar-refractivity contribution in [1.29, 1.82) is 0 Å². The number of aromatic nitrogens is 1. The SMILES string of the molecule is C[C@@H](C(=O)[O-])N1C(=O)/C(=C\c2ccn(C)c2)SC1=S. The van der Waals surface area contributed by atoms with E-state index in [4.69, 9.17) is 12.2 Å². The van der Waals surface area contributed by atoms with E-state index >= 15 is 0 Å². The van der Waals surface area contributed by atoms with Gasteiger partial charge >= 0.3 is 0 Å². The van der Waals surface area contributed by atoms with E-state index in [2.05, 4.69) is 0 Å². The van der Waals surface area contributed by atoms with Crippen LogP contribution in [-0.2, 0) is 16.6 Å². The highest BCUT2D eigenvalue weighted by molar-refractivity contribution is 8.26. The number of carboxylic acid groups (broad SMARTS) is 1. The van der Waals surface area contributed by atoms with E-state index in [9.17, 15) is 14.7 Å². The van der Waals surface area contributed by atoms with Crippen molar-refractivity contribution in [2.24, 2.45) is 7.05 Å². The highest BCUT2D eigenvalue weighted by Gasteiger charge is 2.35. The Hall–Kier alpha value is -1.60. The van der Waals surface area contributed by atoms with E-state index in [1.54, 1.807) is 6.08 Å². The minimum atomic E-state index is -1.32. The molecule has 0 unspecified atom stereocenters. The van der Waals surface area contributed by atoms with Crippen molar-refractivity contribution in [3.63, 3.8) is 0 Å². The number of thioether (sulfide) groups is 1. The molecule has 1 saturated heterocycles. The van der Waals surface area contributed by atoms with Gasteiger partial charge in [0.15, 0.2) is 0 Å². The molecule has 0 N–H and O–H groups in total. The van der Waals surface area contributed by atoms with Crippen molar-refractivity contribution < 1.29 is 14.7 Å². The Kier molecular flexibility index (Phi) is 3.77. The van der Waals surface area contributed by atoms with Crippen LogP contribution in [0.3, 0.4) is 0 Å². The normalized spacial score (nSPS) is 19.3. The van der Waals surface area contributed by atoms with Gasteiger partial charge in [-0.1, -0.05) is 24.0 Å². The van der Waals surface area contributed by atoms with Crippen LogP contribution < -0.4 is 5.11 Å². The number of carbonyl (C=O) groups is 2. The van der Waals surface area contributed by atoms with Crippen molar-refractivity contribution >= 4 is 46.3 Å². The molecule has 0 bridgehead atoms. The van der Waals surface area contributed by atoms with Gasteiger partial charge < -0.3 is 14.5 Å². The highest BCUT2D eigenvalue weighted by Crippen LogP contribution is 2.33. The predicted octanol–water partition coefficient (Wildman–Crippen LogP) is 0.365. The Bertz CT molecular complexity index is 592. The van der Waals surface area contributed by atoms with Crippen molar-refractivity contribution in [2.45, 2.75) is 13.0 Å². The number of rotatable bonds is 3. The molecule has 0 radical (unpaired) electrons. The van der Waals surface area contributed by atoms with Crippen molar-refractivity contribution in [3.8, 4) is 0 Å². The van der Waals surface area contributed by atoms with Gasteiger partial charge in [0, 0.05) is 19.4 Å². The molecule has 1 atom stereocenters. The quantitative estimate of drug-likeness (QED) is 0.595. The molecule has 5 nitrogen and oxygen atoms in total. The first-order valence-corrected chi connectivity index (χ1v) is 6.72. The Labute approximate surface area is 119 Å². The minimum Gasteiger partial charge on any atom is -0.548 e. The van der Waals surface area contributed by atoms with Gasteiger partial charge in [0.25, 0.3) is 5.91 Å². The van der Waals surface area contributed by atoms with Gasteiger partial charge in [0.05, 0.1) is 16.9 Å². The summed E-state index contributed by atoms with van der Waals surface area (Å²) in [7, 11) is 1.88. The Morgan fingerprint density at radius 1 is 1.58 bits per heavy atom. The minimum absolute atomic E-state index is 0.240. The third kappa shape index (κ3) is 2.71. The molecular weight excluding hydrogens is 284 g/mol. The van der Waals surface area contributed by atoms with E-state index in [0.29, 0.717) is 4.91 Å². The van der Waals surface area contributed by atoms with Gasteiger partial charge in [-0.3, -0.25) is 9.69 Å². The fourth-order valence-corrected chi connectivity index (χ4v) is 3.10. The molecule has 0 spiro atoms. The van der Waals surface area contributed by atoms with Crippen LogP contribution in [0.2, 0.25) is 0 Å². The topological polar surface area (TPSA) is 65.4 Å². The number of thiocarbonyl (C=S) groups is 1. The fourth-order valence-electron chi connectivity index (χ4n) is 1.68. The lowest BCUT2D eigenvalue weighted by Gasteiger charge is -2.23. The van der Waals surface area contributed by atoms with Crippen LogP contribution in [0.25, 0.3) is 6.08 Å². The van der Waals surface area contributed by atoms with Crippen LogP contribution in [-0.4, -0.2) is 31.7 Å². The molecule has 0 aliphatic carbocycles. The molecule has 1 aliphatic rings. The lowest BCUT2D eigenvalue weighted by Crippen LogP contribution is -2.48. The van der Waals surface area contributed by atoms with E-state index in [-0.39, 0.29) is 4.32 Å². The van der Waals surface area contributed by atoms with Crippen LogP contribution in [0.5, 0.6) is 0 Å². The number of carbonyl (C=O) groups excluding carboxylic acids is 2. The number of aliphatic carboxylic acids is 1. The molecule has 1 fully saturated rings. The molecule has 1 amide bonds. The summed E-state index contributed by atoms with van der Waals surface area (Å²) in [6.45, 7) is 1.38. The molecule has 100 valence electrons. The number of nitrogens with zero attached hydrogens (tertiary/aromatic N) is 2. The molecule has 19 heavy (non-hydrogen) atoms. The van der Waals surface area contributed by atoms with Crippen LogP contribution in [0, 0.1) is 0 Å². The van der Waals surface area contributed by atoms with Gasteiger partial charge in [-0.25, -0.2) is 0 Å². The molecule has 0 saturated carbocycles. The molecule has 2 rings (SSSR count). The van der Waals surface area contributed by atoms with Gasteiger partial charge in [0.2, 0.25) is 0 Å². The molecule has 1 aromatic rings.